The maximum absolute atomic E-state index is 13.8. The highest BCUT2D eigenvalue weighted by atomic mass is 35.5. The molecule has 1 heterocycles. The van der Waals surface area contributed by atoms with E-state index in [0.29, 0.717) is 12.1 Å². The SMILES string of the molecule is Fc1ccccc1CNCC1(c2ccnc(-c3ccc(Cl)cc3)c2)CC1. The summed E-state index contributed by atoms with van der Waals surface area (Å²) in [5.41, 5.74) is 4.15. The van der Waals surface area contributed by atoms with E-state index in [9.17, 15) is 4.39 Å². The van der Waals surface area contributed by atoms with Crippen LogP contribution >= 0.6 is 11.6 Å². The van der Waals surface area contributed by atoms with Crippen LogP contribution in [-0.2, 0) is 12.0 Å². The highest BCUT2D eigenvalue weighted by Gasteiger charge is 2.43. The molecule has 132 valence electrons. The van der Waals surface area contributed by atoms with E-state index in [1.807, 2.05) is 42.6 Å². The number of nitrogens with one attached hydrogen (secondary N) is 1. The van der Waals surface area contributed by atoms with E-state index in [0.717, 1.165) is 35.7 Å². The van der Waals surface area contributed by atoms with Gasteiger partial charge in [-0.25, -0.2) is 4.39 Å². The minimum Gasteiger partial charge on any atom is -0.312 e. The first-order valence-corrected chi connectivity index (χ1v) is 9.21. The molecule has 1 N–H and O–H groups in total. The third-order valence-electron chi connectivity index (χ3n) is 5.10. The first-order valence-electron chi connectivity index (χ1n) is 8.83. The number of nitrogens with zero attached hydrogens (tertiary/aromatic N) is 1. The molecule has 0 aliphatic heterocycles. The second-order valence-electron chi connectivity index (χ2n) is 6.91. The molecule has 0 unspecified atom stereocenters. The molecule has 0 spiro atoms. The summed E-state index contributed by atoms with van der Waals surface area (Å²) in [6.45, 7) is 1.38. The smallest absolute Gasteiger partial charge is 0.127 e. The zero-order valence-electron chi connectivity index (χ0n) is 14.4. The van der Waals surface area contributed by atoms with Crippen LogP contribution in [0.4, 0.5) is 4.39 Å². The Kier molecular flexibility index (Phi) is 4.75. The molecule has 1 aromatic heterocycles. The van der Waals surface area contributed by atoms with Crippen LogP contribution in [0.2, 0.25) is 5.02 Å². The van der Waals surface area contributed by atoms with Crippen molar-refractivity contribution < 1.29 is 4.39 Å². The van der Waals surface area contributed by atoms with Gasteiger partial charge in [0.15, 0.2) is 0 Å². The number of aromatic nitrogens is 1. The molecule has 1 saturated carbocycles. The van der Waals surface area contributed by atoms with Gasteiger partial charge in [-0.3, -0.25) is 4.98 Å². The lowest BCUT2D eigenvalue weighted by Gasteiger charge is -2.18. The fourth-order valence-electron chi connectivity index (χ4n) is 3.34. The average Bonchev–Trinajstić information content (AvgIpc) is 3.45. The van der Waals surface area contributed by atoms with Gasteiger partial charge in [-0.2, -0.15) is 0 Å². The Morgan fingerprint density at radius 1 is 1.04 bits per heavy atom. The predicted molar refractivity (Wildman–Crippen MR) is 104 cm³/mol. The topological polar surface area (TPSA) is 24.9 Å². The molecule has 1 aliphatic rings. The van der Waals surface area contributed by atoms with E-state index < -0.39 is 0 Å². The highest BCUT2D eigenvalue weighted by Crippen LogP contribution is 2.48. The highest BCUT2D eigenvalue weighted by molar-refractivity contribution is 6.30. The first-order chi connectivity index (χ1) is 12.7. The summed E-state index contributed by atoms with van der Waals surface area (Å²) in [5.74, 6) is -0.154. The summed E-state index contributed by atoms with van der Waals surface area (Å²) in [4.78, 5) is 4.51. The Balaban J connectivity index is 1.47. The van der Waals surface area contributed by atoms with E-state index in [1.165, 1.54) is 11.6 Å². The van der Waals surface area contributed by atoms with Crippen LogP contribution in [0.3, 0.4) is 0 Å². The van der Waals surface area contributed by atoms with Crippen molar-refractivity contribution in [2.24, 2.45) is 0 Å². The standard InChI is InChI=1S/C22H20ClFN2/c23-19-7-5-16(6-8-19)21-13-18(9-12-26-21)22(10-11-22)15-25-14-17-3-1-2-4-20(17)24/h1-9,12-13,25H,10-11,14-15H2. The summed E-state index contributed by atoms with van der Waals surface area (Å²) in [6.07, 6.45) is 4.15. The molecule has 4 heteroatoms. The van der Waals surface area contributed by atoms with Gasteiger partial charge < -0.3 is 5.32 Å². The average molecular weight is 367 g/mol. The normalized spacial score (nSPS) is 15.0. The maximum atomic E-state index is 13.8. The Bertz CT molecular complexity index is 904. The summed E-state index contributed by atoms with van der Waals surface area (Å²) < 4.78 is 13.8. The lowest BCUT2D eigenvalue weighted by atomic mass is 9.95. The molecule has 1 aliphatic carbocycles. The summed E-state index contributed by atoms with van der Waals surface area (Å²) in [5, 5.41) is 4.16. The molecule has 0 amide bonds. The lowest BCUT2D eigenvalue weighted by molar-refractivity contribution is 0.549. The van der Waals surface area contributed by atoms with Crippen LogP contribution in [0.15, 0.2) is 66.9 Å². The molecule has 0 saturated heterocycles. The molecule has 0 atom stereocenters. The van der Waals surface area contributed by atoms with E-state index in [1.54, 1.807) is 6.07 Å². The van der Waals surface area contributed by atoms with Crippen LogP contribution in [0.5, 0.6) is 0 Å². The number of pyridine rings is 1. The molecular formula is C22H20ClFN2. The number of halogens is 2. The lowest BCUT2D eigenvalue weighted by Crippen LogP contribution is -2.27. The fraction of sp³-hybridized carbons (Fsp3) is 0.227. The Morgan fingerprint density at radius 2 is 1.81 bits per heavy atom. The first kappa shape index (κ1) is 17.2. The van der Waals surface area contributed by atoms with Crippen molar-refractivity contribution in [1.29, 1.82) is 0 Å². The largest absolute Gasteiger partial charge is 0.312 e. The molecular weight excluding hydrogens is 347 g/mol. The van der Waals surface area contributed by atoms with Gasteiger partial charge in [0.05, 0.1) is 5.69 Å². The second-order valence-corrected chi connectivity index (χ2v) is 7.35. The second kappa shape index (κ2) is 7.18. The zero-order valence-corrected chi connectivity index (χ0v) is 15.1. The fourth-order valence-corrected chi connectivity index (χ4v) is 3.46. The Labute approximate surface area is 158 Å². The third kappa shape index (κ3) is 3.64. The number of benzene rings is 2. The predicted octanol–water partition coefficient (Wildman–Crippen LogP) is 5.36. The van der Waals surface area contributed by atoms with Crippen molar-refractivity contribution in [3.63, 3.8) is 0 Å². The van der Waals surface area contributed by atoms with Crippen LogP contribution < -0.4 is 5.32 Å². The van der Waals surface area contributed by atoms with E-state index >= 15 is 0 Å². The van der Waals surface area contributed by atoms with E-state index in [2.05, 4.69) is 22.4 Å². The van der Waals surface area contributed by atoms with Crippen molar-refractivity contribution in [2.45, 2.75) is 24.8 Å². The molecule has 26 heavy (non-hydrogen) atoms. The molecule has 2 aromatic carbocycles. The van der Waals surface area contributed by atoms with Gasteiger partial charge in [0.25, 0.3) is 0 Å². The number of hydrogen-bond acceptors (Lipinski definition) is 2. The van der Waals surface area contributed by atoms with Crippen molar-refractivity contribution in [2.75, 3.05) is 6.54 Å². The van der Waals surface area contributed by atoms with Crippen molar-refractivity contribution >= 4 is 11.6 Å². The molecule has 2 nitrogen and oxygen atoms in total. The monoisotopic (exact) mass is 366 g/mol. The van der Waals surface area contributed by atoms with Gasteiger partial charge in [0, 0.05) is 40.9 Å². The minimum atomic E-state index is -0.154. The van der Waals surface area contributed by atoms with Gasteiger partial charge >= 0.3 is 0 Å². The maximum Gasteiger partial charge on any atom is 0.127 e. The van der Waals surface area contributed by atoms with Crippen LogP contribution in [0.25, 0.3) is 11.3 Å². The zero-order chi connectivity index (χ0) is 18.0. The molecule has 4 rings (SSSR count). The summed E-state index contributed by atoms with van der Waals surface area (Å²) in [7, 11) is 0. The van der Waals surface area contributed by atoms with Crippen molar-refractivity contribution in [1.82, 2.24) is 10.3 Å². The van der Waals surface area contributed by atoms with Crippen molar-refractivity contribution in [3.05, 3.63) is 88.8 Å². The third-order valence-corrected chi connectivity index (χ3v) is 5.35. The van der Waals surface area contributed by atoms with Gasteiger partial charge in [0.1, 0.15) is 5.82 Å². The van der Waals surface area contributed by atoms with Crippen LogP contribution in [-0.4, -0.2) is 11.5 Å². The van der Waals surface area contributed by atoms with Crippen LogP contribution in [0.1, 0.15) is 24.0 Å². The van der Waals surface area contributed by atoms with Gasteiger partial charge in [0.2, 0.25) is 0 Å². The number of hydrogen-bond donors (Lipinski definition) is 1. The Hall–Kier alpha value is -2.23. The number of rotatable bonds is 6. The molecule has 1 fully saturated rings. The van der Waals surface area contributed by atoms with Crippen LogP contribution in [0, 0.1) is 5.82 Å². The molecule has 0 radical (unpaired) electrons. The van der Waals surface area contributed by atoms with Crippen molar-refractivity contribution in [3.8, 4) is 11.3 Å². The quantitative estimate of drug-likeness (QED) is 0.635. The van der Waals surface area contributed by atoms with Gasteiger partial charge in [-0.05, 0) is 48.7 Å². The van der Waals surface area contributed by atoms with E-state index in [4.69, 9.17) is 11.6 Å². The summed E-state index contributed by atoms with van der Waals surface area (Å²) >= 11 is 5.98. The minimum absolute atomic E-state index is 0.134. The Morgan fingerprint density at radius 3 is 2.54 bits per heavy atom. The van der Waals surface area contributed by atoms with E-state index in [-0.39, 0.29) is 11.2 Å². The van der Waals surface area contributed by atoms with Gasteiger partial charge in [-0.15, -0.1) is 0 Å². The summed E-state index contributed by atoms with van der Waals surface area (Å²) in [6, 6.07) is 18.9. The molecule has 3 aromatic rings. The van der Waals surface area contributed by atoms with Gasteiger partial charge in [-0.1, -0.05) is 41.9 Å². The molecule has 0 bridgehead atoms.